The van der Waals surface area contributed by atoms with Crippen molar-refractivity contribution in [3.05, 3.63) is 71.3 Å². The average molecular weight is 475 g/mol. The van der Waals surface area contributed by atoms with Crippen molar-refractivity contribution in [1.82, 2.24) is 4.90 Å². The number of methoxy groups -OCH3 is 1. The van der Waals surface area contributed by atoms with Crippen LogP contribution in [0.3, 0.4) is 0 Å². The number of amides is 1. The van der Waals surface area contributed by atoms with Gasteiger partial charge in [-0.25, -0.2) is 0 Å². The number of carbonyl (C=O) groups is 1. The zero-order valence-electron chi connectivity index (χ0n) is 17.9. The van der Waals surface area contributed by atoms with E-state index in [1.54, 1.807) is 4.90 Å². The van der Waals surface area contributed by atoms with Crippen molar-refractivity contribution in [2.45, 2.75) is 36.2 Å². The van der Waals surface area contributed by atoms with Crippen LogP contribution in [-0.2, 0) is 20.5 Å². The van der Waals surface area contributed by atoms with Gasteiger partial charge in [0, 0.05) is 37.1 Å². The summed E-state index contributed by atoms with van der Waals surface area (Å²) in [6.07, 6.45) is -11.9. The fourth-order valence-electron chi connectivity index (χ4n) is 4.43. The van der Waals surface area contributed by atoms with Crippen molar-refractivity contribution >= 4 is 5.91 Å². The summed E-state index contributed by atoms with van der Waals surface area (Å²) in [6, 6.07) is 12.7. The van der Waals surface area contributed by atoms with Gasteiger partial charge in [0.05, 0.1) is 0 Å². The van der Waals surface area contributed by atoms with Gasteiger partial charge in [0.2, 0.25) is 5.91 Å². The number of carbonyl (C=O) groups excluding carboxylic acids is 1. The van der Waals surface area contributed by atoms with E-state index in [4.69, 9.17) is 4.74 Å². The molecule has 10 heteroatoms. The number of halogens is 6. The van der Waals surface area contributed by atoms with E-state index >= 15 is 0 Å². The molecule has 0 spiro atoms. The molecule has 33 heavy (non-hydrogen) atoms. The summed E-state index contributed by atoms with van der Waals surface area (Å²) in [6.45, 7) is 2.24. The number of ether oxygens (including phenoxy) is 1. The second kappa shape index (κ2) is 8.64. The molecule has 2 aromatic rings. The van der Waals surface area contributed by atoms with Crippen LogP contribution in [0, 0.1) is 0 Å². The number of aliphatic hydroxyl groups is 1. The first-order valence-corrected chi connectivity index (χ1v) is 10.0. The minimum absolute atomic E-state index is 0.152. The molecular weight excluding hydrogens is 452 g/mol. The Labute approximate surface area is 186 Å². The fourth-order valence-corrected chi connectivity index (χ4v) is 4.43. The molecule has 3 rings (SSSR count). The zero-order chi connectivity index (χ0) is 24.7. The highest BCUT2D eigenvalue weighted by Gasteiger charge is 2.71. The number of likely N-dealkylation sites (tertiary alicyclic amines) is 1. The van der Waals surface area contributed by atoms with Crippen LogP contribution < -0.4 is 0 Å². The lowest BCUT2D eigenvalue weighted by molar-refractivity contribution is -0.376. The van der Waals surface area contributed by atoms with Crippen LogP contribution in [0.5, 0.6) is 0 Å². The van der Waals surface area contributed by atoms with Crippen LogP contribution in [0.1, 0.15) is 29.5 Å². The van der Waals surface area contributed by atoms with Crippen LogP contribution in [0.15, 0.2) is 54.6 Å². The van der Waals surface area contributed by atoms with Crippen molar-refractivity contribution in [2.24, 2.45) is 0 Å². The SMILES string of the molecule is COCC(=O)N1C[C@@H](c2ccc(C(O)(C(F)(F)F)C(F)(F)F)cc2)[C@@](C)(c2ccccc2)C1. The molecule has 0 radical (unpaired) electrons. The molecule has 1 heterocycles. The van der Waals surface area contributed by atoms with E-state index in [1.807, 2.05) is 37.3 Å². The molecule has 0 unspecified atom stereocenters. The number of hydrogen-bond donors (Lipinski definition) is 1. The summed E-state index contributed by atoms with van der Waals surface area (Å²) >= 11 is 0. The van der Waals surface area contributed by atoms with Gasteiger partial charge in [-0.15, -0.1) is 0 Å². The predicted octanol–water partition coefficient (Wildman–Crippen LogP) is 4.53. The molecule has 4 nitrogen and oxygen atoms in total. The van der Waals surface area contributed by atoms with Gasteiger partial charge in [-0.1, -0.05) is 61.5 Å². The summed E-state index contributed by atoms with van der Waals surface area (Å²) in [5, 5.41) is 9.65. The summed E-state index contributed by atoms with van der Waals surface area (Å²) in [5.74, 6) is -0.693. The Balaban J connectivity index is 2.03. The molecule has 2 aromatic carbocycles. The minimum Gasteiger partial charge on any atom is -0.375 e. The van der Waals surface area contributed by atoms with E-state index in [9.17, 15) is 36.2 Å². The third-order valence-electron chi connectivity index (χ3n) is 6.30. The Morgan fingerprint density at radius 3 is 2.06 bits per heavy atom. The molecule has 0 aromatic heterocycles. The van der Waals surface area contributed by atoms with Crippen LogP contribution in [0.25, 0.3) is 0 Å². The van der Waals surface area contributed by atoms with Crippen molar-refractivity contribution < 1.29 is 41.0 Å². The number of hydrogen-bond acceptors (Lipinski definition) is 3. The Morgan fingerprint density at radius 2 is 1.58 bits per heavy atom. The maximum absolute atomic E-state index is 13.2. The molecule has 0 saturated carbocycles. The molecule has 1 fully saturated rings. The lowest BCUT2D eigenvalue weighted by Crippen LogP contribution is -2.53. The topological polar surface area (TPSA) is 49.8 Å². The molecule has 1 aliphatic heterocycles. The molecule has 0 bridgehead atoms. The van der Waals surface area contributed by atoms with E-state index in [2.05, 4.69) is 0 Å². The lowest BCUT2D eigenvalue weighted by atomic mass is 9.71. The van der Waals surface area contributed by atoms with Gasteiger partial charge in [-0.2, -0.15) is 26.3 Å². The highest BCUT2D eigenvalue weighted by Crippen LogP contribution is 2.51. The van der Waals surface area contributed by atoms with Gasteiger partial charge >= 0.3 is 12.4 Å². The summed E-state index contributed by atoms with van der Waals surface area (Å²) in [4.78, 5) is 14.0. The van der Waals surface area contributed by atoms with E-state index in [-0.39, 0.29) is 19.1 Å². The molecule has 1 aliphatic rings. The molecule has 1 saturated heterocycles. The molecule has 180 valence electrons. The Bertz CT molecular complexity index is 960. The Morgan fingerprint density at radius 1 is 1.03 bits per heavy atom. The van der Waals surface area contributed by atoms with E-state index in [0.29, 0.717) is 24.2 Å². The summed E-state index contributed by atoms with van der Waals surface area (Å²) in [5.41, 5.74) is -5.65. The predicted molar refractivity (Wildman–Crippen MR) is 107 cm³/mol. The maximum atomic E-state index is 13.2. The van der Waals surface area contributed by atoms with Gasteiger partial charge in [-0.05, 0) is 11.1 Å². The van der Waals surface area contributed by atoms with Crippen LogP contribution >= 0.6 is 0 Å². The zero-order valence-corrected chi connectivity index (χ0v) is 17.9. The third kappa shape index (κ3) is 4.33. The number of benzene rings is 2. The van der Waals surface area contributed by atoms with Crippen molar-refractivity contribution in [1.29, 1.82) is 0 Å². The summed E-state index contributed by atoms with van der Waals surface area (Å²) < 4.78 is 84.2. The highest BCUT2D eigenvalue weighted by atomic mass is 19.4. The lowest BCUT2D eigenvalue weighted by Gasteiger charge is -2.34. The second-order valence-electron chi connectivity index (χ2n) is 8.37. The average Bonchev–Trinajstić information content (AvgIpc) is 3.11. The summed E-state index contributed by atoms with van der Waals surface area (Å²) in [7, 11) is 1.38. The third-order valence-corrected chi connectivity index (χ3v) is 6.30. The Hall–Kier alpha value is -2.59. The molecule has 1 N–H and O–H groups in total. The molecule has 2 atom stereocenters. The first-order chi connectivity index (χ1) is 15.3. The largest absolute Gasteiger partial charge is 0.430 e. The van der Waals surface area contributed by atoms with Crippen LogP contribution in [-0.4, -0.2) is 55.1 Å². The second-order valence-corrected chi connectivity index (χ2v) is 8.37. The van der Waals surface area contributed by atoms with Gasteiger partial charge in [0.1, 0.15) is 6.61 Å². The van der Waals surface area contributed by atoms with Gasteiger partial charge in [0.25, 0.3) is 5.60 Å². The smallest absolute Gasteiger partial charge is 0.375 e. The standard InChI is InChI=1S/C23H23F6NO3/c1-20(16-6-4-3-5-7-16)14-30(19(31)13-33-2)12-18(20)15-8-10-17(11-9-15)21(32,22(24,25)26)23(27,28)29/h3-11,18,32H,12-14H2,1-2H3/t18-,20+/m0/s1. The van der Waals surface area contributed by atoms with Gasteiger partial charge in [-0.3, -0.25) is 4.79 Å². The number of nitrogens with zero attached hydrogens (tertiary/aromatic N) is 1. The monoisotopic (exact) mass is 475 g/mol. The highest BCUT2D eigenvalue weighted by molar-refractivity contribution is 5.78. The number of rotatable bonds is 5. The van der Waals surface area contributed by atoms with E-state index in [1.165, 1.54) is 7.11 Å². The maximum Gasteiger partial charge on any atom is 0.430 e. The number of alkyl halides is 6. The van der Waals surface area contributed by atoms with E-state index < -0.39 is 34.8 Å². The quantitative estimate of drug-likeness (QED) is 0.647. The van der Waals surface area contributed by atoms with Crippen LogP contribution in [0.2, 0.25) is 0 Å². The molecule has 1 amide bonds. The fraction of sp³-hybridized carbons (Fsp3) is 0.435. The first kappa shape index (κ1) is 25.0. The minimum atomic E-state index is -5.96. The van der Waals surface area contributed by atoms with Crippen molar-refractivity contribution in [3.63, 3.8) is 0 Å². The first-order valence-electron chi connectivity index (χ1n) is 10.0. The Kier molecular flexibility index (Phi) is 6.56. The van der Waals surface area contributed by atoms with E-state index in [0.717, 1.165) is 17.7 Å². The normalized spacial score (nSPS) is 22.0. The van der Waals surface area contributed by atoms with Crippen LogP contribution in [0.4, 0.5) is 26.3 Å². The van der Waals surface area contributed by atoms with Gasteiger partial charge in [0.15, 0.2) is 0 Å². The van der Waals surface area contributed by atoms with Gasteiger partial charge < -0.3 is 14.7 Å². The van der Waals surface area contributed by atoms with Crippen molar-refractivity contribution in [3.8, 4) is 0 Å². The van der Waals surface area contributed by atoms with Crippen molar-refractivity contribution in [2.75, 3.05) is 26.8 Å². The molecule has 0 aliphatic carbocycles. The molecular formula is C23H23F6NO3.